The summed E-state index contributed by atoms with van der Waals surface area (Å²) < 4.78 is 27.6. The molecule has 0 spiro atoms. The van der Waals surface area contributed by atoms with Gasteiger partial charge in [-0.2, -0.15) is 0 Å². The summed E-state index contributed by atoms with van der Waals surface area (Å²) in [5, 5.41) is 2.92. The Morgan fingerprint density at radius 1 is 1.09 bits per heavy atom. The van der Waals surface area contributed by atoms with Gasteiger partial charge in [0, 0.05) is 40.3 Å². The third kappa shape index (κ3) is 4.59. The lowest BCUT2D eigenvalue weighted by molar-refractivity contribution is -0.141. The van der Waals surface area contributed by atoms with Gasteiger partial charge in [-0.25, -0.2) is 0 Å². The number of esters is 1. The van der Waals surface area contributed by atoms with Gasteiger partial charge in [0.05, 0.1) is 20.1 Å². The monoisotopic (exact) mass is 441 g/mol. The first-order valence-corrected chi connectivity index (χ1v) is 10.4. The van der Waals surface area contributed by atoms with Crippen molar-refractivity contribution < 1.29 is 33.3 Å². The summed E-state index contributed by atoms with van der Waals surface area (Å²) in [7, 11) is 1.38. The molecule has 2 aromatic carbocycles. The van der Waals surface area contributed by atoms with Crippen molar-refractivity contribution in [3.8, 4) is 23.0 Å². The van der Waals surface area contributed by atoms with Crippen molar-refractivity contribution in [2.75, 3.05) is 25.8 Å². The number of nitrogens with one attached hydrogen (secondary N) is 1. The van der Waals surface area contributed by atoms with E-state index in [-0.39, 0.29) is 37.6 Å². The summed E-state index contributed by atoms with van der Waals surface area (Å²) in [6.07, 6.45) is 0.278. The largest absolute Gasteiger partial charge is 0.492 e. The first-order chi connectivity index (χ1) is 15.2. The maximum absolute atomic E-state index is 12.4. The van der Waals surface area contributed by atoms with Crippen LogP contribution in [0.5, 0.6) is 23.0 Å². The molecule has 0 saturated carbocycles. The van der Waals surface area contributed by atoms with Crippen molar-refractivity contribution in [2.45, 2.75) is 39.7 Å². The molecular formula is C24H27NO7. The molecule has 1 N–H and O–H groups in total. The highest BCUT2D eigenvalue weighted by Gasteiger charge is 2.28. The average Bonchev–Trinajstić information content (AvgIpc) is 3.38. The number of hydrogen-bond donors (Lipinski definition) is 1. The molecule has 0 aliphatic carbocycles. The van der Waals surface area contributed by atoms with Crippen molar-refractivity contribution in [1.82, 2.24) is 0 Å². The van der Waals surface area contributed by atoms with Gasteiger partial charge in [0.2, 0.25) is 12.7 Å². The summed E-state index contributed by atoms with van der Waals surface area (Å²) in [5.41, 5.74) is 1.82. The van der Waals surface area contributed by atoms with E-state index < -0.39 is 5.41 Å². The van der Waals surface area contributed by atoms with E-state index in [0.29, 0.717) is 35.3 Å². The van der Waals surface area contributed by atoms with Crippen LogP contribution in [-0.4, -0.2) is 32.4 Å². The molecule has 8 heteroatoms. The highest BCUT2D eigenvalue weighted by molar-refractivity contribution is 5.95. The minimum Gasteiger partial charge on any atom is -0.492 e. The molecule has 1 unspecified atom stereocenters. The van der Waals surface area contributed by atoms with Crippen LogP contribution in [0, 0.1) is 5.41 Å². The van der Waals surface area contributed by atoms with Gasteiger partial charge in [-0.3, -0.25) is 9.59 Å². The van der Waals surface area contributed by atoms with E-state index in [1.165, 1.54) is 7.11 Å². The molecule has 8 nitrogen and oxygen atoms in total. The Labute approximate surface area is 186 Å². The van der Waals surface area contributed by atoms with Crippen LogP contribution in [0.1, 0.15) is 44.2 Å². The Morgan fingerprint density at radius 2 is 1.91 bits per heavy atom. The lowest BCUT2D eigenvalue weighted by atomic mass is 9.95. The predicted octanol–water partition coefficient (Wildman–Crippen LogP) is 4.02. The summed E-state index contributed by atoms with van der Waals surface area (Å²) >= 11 is 0. The van der Waals surface area contributed by atoms with Crippen molar-refractivity contribution in [2.24, 2.45) is 5.41 Å². The molecule has 0 saturated heterocycles. The quantitative estimate of drug-likeness (QED) is 0.677. The maximum atomic E-state index is 12.4. The number of methoxy groups -OCH3 is 1. The lowest BCUT2D eigenvalue weighted by Crippen LogP contribution is -2.27. The van der Waals surface area contributed by atoms with Gasteiger partial charge < -0.3 is 29.0 Å². The van der Waals surface area contributed by atoms with Crippen LogP contribution in [0.2, 0.25) is 0 Å². The van der Waals surface area contributed by atoms with E-state index in [4.69, 9.17) is 23.7 Å². The second kappa shape index (κ2) is 8.61. The van der Waals surface area contributed by atoms with Crippen LogP contribution >= 0.6 is 0 Å². The van der Waals surface area contributed by atoms with Gasteiger partial charge in [0.15, 0.2) is 11.5 Å². The van der Waals surface area contributed by atoms with E-state index in [2.05, 4.69) is 5.32 Å². The molecule has 2 aromatic rings. The van der Waals surface area contributed by atoms with Crippen LogP contribution in [0.25, 0.3) is 0 Å². The second-order valence-corrected chi connectivity index (χ2v) is 8.85. The standard InChI is InChI=1S/C24H27NO7/c1-24(2,3)23(27)25-16-7-15(22-20(9-16)31-13-32-22)12-29-17-5-6-18-14(8-21(26)28-4)11-30-19(18)10-17/h5-7,9-10,14H,8,11-13H2,1-4H3,(H,25,27). The molecule has 2 aliphatic heterocycles. The van der Waals surface area contributed by atoms with Crippen LogP contribution in [-0.2, 0) is 20.9 Å². The van der Waals surface area contributed by atoms with Crippen molar-refractivity contribution in [3.63, 3.8) is 0 Å². The Morgan fingerprint density at radius 3 is 2.66 bits per heavy atom. The molecule has 2 aliphatic rings. The third-order valence-corrected chi connectivity index (χ3v) is 5.39. The molecule has 0 aromatic heterocycles. The van der Waals surface area contributed by atoms with Crippen molar-refractivity contribution >= 4 is 17.6 Å². The highest BCUT2D eigenvalue weighted by atomic mass is 16.7. The third-order valence-electron chi connectivity index (χ3n) is 5.39. The fourth-order valence-electron chi connectivity index (χ4n) is 3.54. The minimum absolute atomic E-state index is 0.0246. The first-order valence-electron chi connectivity index (χ1n) is 10.4. The normalized spacial score (nSPS) is 16.2. The number of amides is 1. The van der Waals surface area contributed by atoms with E-state index in [1.807, 2.05) is 45.0 Å². The van der Waals surface area contributed by atoms with Crippen LogP contribution in [0.3, 0.4) is 0 Å². The van der Waals surface area contributed by atoms with E-state index in [1.54, 1.807) is 6.07 Å². The minimum atomic E-state index is -0.525. The molecule has 170 valence electrons. The Balaban J connectivity index is 1.48. The van der Waals surface area contributed by atoms with Crippen LogP contribution in [0.15, 0.2) is 30.3 Å². The number of hydrogen-bond acceptors (Lipinski definition) is 7. The number of carbonyl (C=O) groups excluding carboxylic acids is 2. The van der Waals surface area contributed by atoms with E-state index in [0.717, 1.165) is 11.1 Å². The van der Waals surface area contributed by atoms with Gasteiger partial charge in [-0.15, -0.1) is 0 Å². The lowest BCUT2D eigenvalue weighted by Gasteiger charge is -2.18. The molecule has 0 fully saturated rings. The first kappa shape index (κ1) is 21.8. The number of carbonyl (C=O) groups is 2. The van der Waals surface area contributed by atoms with Crippen molar-refractivity contribution in [3.05, 3.63) is 41.5 Å². The Kier molecular flexibility index (Phi) is 5.86. The fourth-order valence-corrected chi connectivity index (χ4v) is 3.54. The Hall–Kier alpha value is -3.42. The smallest absolute Gasteiger partial charge is 0.306 e. The summed E-state index contributed by atoms with van der Waals surface area (Å²) in [6, 6.07) is 9.15. The second-order valence-electron chi connectivity index (χ2n) is 8.85. The maximum Gasteiger partial charge on any atom is 0.306 e. The summed E-state index contributed by atoms with van der Waals surface area (Å²) in [5.74, 6) is 2.12. The molecule has 4 rings (SSSR count). The zero-order chi connectivity index (χ0) is 22.9. The van der Waals surface area contributed by atoms with Crippen LogP contribution < -0.4 is 24.3 Å². The van der Waals surface area contributed by atoms with Gasteiger partial charge in [0.25, 0.3) is 0 Å². The zero-order valence-corrected chi connectivity index (χ0v) is 18.7. The number of rotatable bonds is 6. The Bertz CT molecular complexity index is 1040. The van der Waals surface area contributed by atoms with Crippen LogP contribution in [0.4, 0.5) is 5.69 Å². The fraction of sp³-hybridized carbons (Fsp3) is 0.417. The molecule has 0 radical (unpaired) electrons. The molecule has 0 bridgehead atoms. The van der Waals surface area contributed by atoms with E-state index in [9.17, 15) is 9.59 Å². The van der Waals surface area contributed by atoms with Gasteiger partial charge >= 0.3 is 5.97 Å². The summed E-state index contributed by atoms with van der Waals surface area (Å²) in [4.78, 5) is 24.0. The predicted molar refractivity (Wildman–Crippen MR) is 116 cm³/mol. The number of benzene rings is 2. The average molecular weight is 441 g/mol. The number of ether oxygens (including phenoxy) is 5. The molecule has 2 heterocycles. The van der Waals surface area contributed by atoms with Gasteiger partial charge in [0.1, 0.15) is 18.1 Å². The zero-order valence-electron chi connectivity index (χ0n) is 18.7. The van der Waals surface area contributed by atoms with Gasteiger partial charge in [-0.1, -0.05) is 26.8 Å². The topological polar surface area (TPSA) is 92.3 Å². The molecular weight excluding hydrogens is 414 g/mol. The van der Waals surface area contributed by atoms with Gasteiger partial charge in [-0.05, 0) is 12.1 Å². The number of anilines is 1. The SMILES string of the molecule is COC(=O)CC1COc2cc(OCc3cc(NC(=O)C(C)(C)C)cc4c3OCO4)ccc21. The van der Waals surface area contributed by atoms with E-state index >= 15 is 0 Å². The molecule has 1 amide bonds. The molecule has 32 heavy (non-hydrogen) atoms. The highest BCUT2D eigenvalue weighted by Crippen LogP contribution is 2.41. The number of fused-ring (bicyclic) bond motifs is 2. The summed E-state index contributed by atoms with van der Waals surface area (Å²) in [6.45, 7) is 6.33. The molecule has 1 atom stereocenters. The van der Waals surface area contributed by atoms with Crippen molar-refractivity contribution in [1.29, 1.82) is 0 Å².